The molecule has 0 bridgehead atoms. The molecule has 2 N–H and O–H groups in total. The highest BCUT2D eigenvalue weighted by Crippen LogP contribution is 2.20. The van der Waals surface area contributed by atoms with E-state index in [-0.39, 0.29) is 5.69 Å². The van der Waals surface area contributed by atoms with E-state index in [0.717, 1.165) is 19.2 Å². The Morgan fingerprint density at radius 1 is 1.30 bits per heavy atom. The lowest BCUT2D eigenvalue weighted by molar-refractivity contribution is 0.0398. The first-order valence-corrected chi connectivity index (χ1v) is 6.35. The molecule has 1 aliphatic heterocycles. The second kappa shape index (κ2) is 6.62. The van der Waals surface area contributed by atoms with Crippen LogP contribution in [0.4, 0.5) is 14.5 Å². The summed E-state index contributed by atoms with van der Waals surface area (Å²) in [6.07, 6.45) is 0. The van der Waals surface area contributed by atoms with Gasteiger partial charge in [0.15, 0.2) is 11.6 Å². The fourth-order valence-corrected chi connectivity index (χ4v) is 2.02. The first-order chi connectivity index (χ1) is 9.59. The molecule has 0 saturated carbocycles. The molecular weight excluding hydrogens is 270 g/mol. The Kier molecular flexibility index (Phi) is 4.86. The van der Waals surface area contributed by atoms with Gasteiger partial charge in [0.25, 0.3) is 0 Å². The molecule has 7 heteroatoms. The molecular formula is C13H16F2N2O3. The second-order valence-corrected chi connectivity index (χ2v) is 4.47. The lowest BCUT2D eigenvalue weighted by Crippen LogP contribution is -2.39. The molecule has 1 fully saturated rings. The number of aromatic carboxylic acids is 1. The molecule has 0 unspecified atom stereocenters. The predicted molar refractivity (Wildman–Crippen MR) is 69.1 cm³/mol. The first-order valence-electron chi connectivity index (χ1n) is 6.35. The number of hydrogen-bond donors (Lipinski definition) is 2. The standard InChI is InChI=1S/C13H16F2N2O3/c14-11-9(13(18)19)1-2-10(12(11)15)16-3-4-17-5-7-20-8-6-17/h1-2,16H,3-8H2,(H,18,19). The van der Waals surface area contributed by atoms with Crippen LogP contribution in [0.1, 0.15) is 10.4 Å². The summed E-state index contributed by atoms with van der Waals surface area (Å²) in [5.74, 6) is -3.98. The average Bonchev–Trinajstić information content (AvgIpc) is 2.44. The van der Waals surface area contributed by atoms with Gasteiger partial charge in [-0.2, -0.15) is 0 Å². The van der Waals surface area contributed by atoms with Crippen LogP contribution in [0.2, 0.25) is 0 Å². The van der Waals surface area contributed by atoms with Gasteiger partial charge >= 0.3 is 5.97 Å². The molecule has 1 heterocycles. The zero-order valence-electron chi connectivity index (χ0n) is 10.9. The van der Waals surface area contributed by atoms with Gasteiger partial charge in [-0.1, -0.05) is 0 Å². The highest BCUT2D eigenvalue weighted by molar-refractivity contribution is 5.88. The summed E-state index contributed by atoms with van der Waals surface area (Å²) in [5, 5.41) is 11.5. The molecule has 0 amide bonds. The molecule has 1 aromatic carbocycles. The smallest absolute Gasteiger partial charge is 0.338 e. The number of hydrogen-bond acceptors (Lipinski definition) is 4. The molecule has 0 atom stereocenters. The third kappa shape index (κ3) is 3.43. The monoisotopic (exact) mass is 286 g/mol. The SMILES string of the molecule is O=C(O)c1ccc(NCCN2CCOCC2)c(F)c1F. The van der Waals surface area contributed by atoms with Crippen LogP contribution in [0.15, 0.2) is 12.1 Å². The van der Waals surface area contributed by atoms with Crippen molar-refractivity contribution in [2.45, 2.75) is 0 Å². The van der Waals surface area contributed by atoms with Crippen LogP contribution in [0.25, 0.3) is 0 Å². The normalized spacial score (nSPS) is 16.1. The summed E-state index contributed by atoms with van der Waals surface area (Å²) < 4.78 is 32.3. The second-order valence-electron chi connectivity index (χ2n) is 4.47. The summed E-state index contributed by atoms with van der Waals surface area (Å²) in [6.45, 7) is 4.12. The lowest BCUT2D eigenvalue weighted by atomic mass is 10.2. The van der Waals surface area contributed by atoms with Gasteiger partial charge in [0.05, 0.1) is 24.5 Å². The number of morpholine rings is 1. The number of halogens is 2. The highest BCUT2D eigenvalue weighted by Gasteiger charge is 2.18. The summed E-state index contributed by atoms with van der Waals surface area (Å²) in [6, 6.07) is 2.29. The fourth-order valence-electron chi connectivity index (χ4n) is 2.02. The van der Waals surface area contributed by atoms with Gasteiger partial charge < -0.3 is 15.2 Å². The van der Waals surface area contributed by atoms with Gasteiger partial charge in [0.2, 0.25) is 0 Å². The van der Waals surface area contributed by atoms with Crippen molar-refractivity contribution in [1.82, 2.24) is 4.90 Å². The van der Waals surface area contributed by atoms with E-state index in [4.69, 9.17) is 9.84 Å². The first kappa shape index (κ1) is 14.7. The van der Waals surface area contributed by atoms with E-state index in [1.54, 1.807) is 0 Å². The number of carboxylic acid groups (broad SMARTS) is 1. The minimum absolute atomic E-state index is 0.0271. The molecule has 0 aromatic heterocycles. The number of carboxylic acids is 1. The van der Waals surface area contributed by atoms with Crippen LogP contribution in [-0.4, -0.2) is 55.4 Å². The molecule has 110 valence electrons. The quantitative estimate of drug-likeness (QED) is 0.857. The Bertz CT molecular complexity index is 491. The van der Waals surface area contributed by atoms with Gasteiger partial charge in [0, 0.05) is 26.2 Å². The molecule has 20 heavy (non-hydrogen) atoms. The summed E-state index contributed by atoms with van der Waals surface area (Å²) in [7, 11) is 0. The number of carbonyl (C=O) groups is 1. The van der Waals surface area contributed by atoms with E-state index < -0.39 is 23.2 Å². The third-order valence-corrected chi connectivity index (χ3v) is 3.16. The Hall–Kier alpha value is -1.73. The van der Waals surface area contributed by atoms with Crippen molar-refractivity contribution in [2.75, 3.05) is 44.7 Å². The van der Waals surface area contributed by atoms with Crippen LogP contribution in [-0.2, 0) is 4.74 Å². The third-order valence-electron chi connectivity index (χ3n) is 3.16. The molecule has 1 aliphatic rings. The molecule has 1 saturated heterocycles. The van der Waals surface area contributed by atoms with Crippen molar-refractivity contribution in [3.8, 4) is 0 Å². The number of anilines is 1. The predicted octanol–water partition coefficient (Wildman–Crippen LogP) is 1.41. The van der Waals surface area contributed by atoms with Gasteiger partial charge in [-0.3, -0.25) is 4.90 Å². The number of benzene rings is 1. The van der Waals surface area contributed by atoms with E-state index >= 15 is 0 Å². The van der Waals surface area contributed by atoms with Crippen LogP contribution >= 0.6 is 0 Å². The molecule has 1 aromatic rings. The van der Waals surface area contributed by atoms with Crippen LogP contribution < -0.4 is 5.32 Å². The van der Waals surface area contributed by atoms with Crippen molar-refractivity contribution >= 4 is 11.7 Å². The van der Waals surface area contributed by atoms with Crippen molar-refractivity contribution in [3.63, 3.8) is 0 Å². The van der Waals surface area contributed by atoms with Crippen LogP contribution in [0, 0.1) is 11.6 Å². The Morgan fingerprint density at radius 2 is 2.00 bits per heavy atom. The number of ether oxygens (including phenoxy) is 1. The zero-order valence-corrected chi connectivity index (χ0v) is 10.9. The van der Waals surface area contributed by atoms with Crippen molar-refractivity contribution in [3.05, 3.63) is 29.3 Å². The van der Waals surface area contributed by atoms with Gasteiger partial charge in [0.1, 0.15) is 0 Å². The maximum Gasteiger partial charge on any atom is 0.338 e. The van der Waals surface area contributed by atoms with Crippen LogP contribution in [0.3, 0.4) is 0 Å². The van der Waals surface area contributed by atoms with Gasteiger partial charge in [-0.25, -0.2) is 13.6 Å². The highest BCUT2D eigenvalue weighted by atomic mass is 19.2. The number of rotatable bonds is 5. The largest absolute Gasteiger partial charge is 0.478 e. The fraction of sp³-hybridized carbons (Fsp3) is 0.462. The maximum atomic E-state index is 13.7. The van der Waals surface area contributed by atoms with E-state index in [1.807, 2.05) is 0 Å². The maximum absolute atomic E-state index is 13.7. The minimum Gasteiger partial charge on any atom is -0.478 e. The molecule has 0 aliphatic carbocycles. The van der Waals surface area contributed by atoms with Gasteiger partial charge in [-0.05, 0) is 12.1 Å². The number of nitrogens with zero attached hydrogens (tertiary/aromatic N) is 1. The van der Waals surface area contributed by atoms with Gasteiger partial charge in [-0.15, -0.1) is 0 Å². The summed E-state index contributed by atoms with van der Waals surface area (Å²) in [4.78, 5) is 12.8. The lowest BCUT2D eigenvalue weighted by Gasteiger charge is -2.26. The summed E-state index contributed by atoms with van der Waals surface area (Å²) >= 11 is 0. The molecule has 0 spiro atoms. The average molecular weight is 286 g/mol. The van der Waals surface area contributed by atoms with E-state index in [9.17, 15) is 13.6 Å². The van der Waals surface area contributed by atoms with Crippen molar-refractivity contribution in [1.29, 1.82) is 0 Å². The molecule has 2 rings (SSSR count). The van der Waals surface area contributed by atoms with E-state index in [1.165, 1.54) is 6.07 Å². The van der Waals surface area contributed by atoms with E-state index in [2.05, 4.69) is 10.2 Å². The topological polar surface area (TPSA) is 61.8 Å². The molecule has 5 nitrogen and oxygen atoms in total. The Morgan fingerprint density at radius 3 is 2.65 bits per heavy atom. The van der Waals surface area contributed by atoms with Crippen LogP contribution in [0.5, 0.6) is 0 Å². The zero-order chi connectivity index (χ0) is 14.5. The number of nitrogens with one attached hydrogen (secondary N) is 1. The Labute approximate surface area is 115 Å². The van der Waals surface area contributed by atoms with E-state index in [0.29, 0.717) is 26.3 Å². The van der Waals surface area contributed by atoms with Crippen molar-refractivity contribution < 1.29 is 23.4 Å². The Balaban J connectivity index is 1.92. The van der Waals surface area contributed by atoms with Crippen molar-refractivity contribution in [2.24, 2.45) is 0 Å². The molecule has 0 radical (unpaired) electrons. The summed E-state index contributed by atoms with van der Waals surface area (Å²) in [5.41, 5.74) is -0.693. The minimum atomic E-state index is -1.48.